The Kier molecular flexibility index (Phi) is 3.15. The van der Waals surface area contributed by atoms with Gasteiger partial charge in [0.05, 0.1) is 12.1 Å². The fourth-order valence-corrected chi connectivity index (χ4v) is 1.81. The molecule has 0 aliphatic rings. The molecule has 0 amide bonds. The number of hydrogen-bond donors (Lipinski definition) is 1. The maximum absolute atomic E-state index is 10.8. The monoisotopic (exact) mass is 250 g/mol. The molecule has 1 aromatic carbocycles. The first kappa shape index (κ1) is 11.7. The molecule has 0 saturated carbocycles. The summed E-state index contributed by atoms with van der Waals surface area (Å²) in [6.07, 6.45) is 1.68. The highest BCUT2D eigenvalue weighted by Crippen LogP contribution is 2.23. The van der Waals surface area contributed by atoms with Gasteiger partial charge in [-0.15, -0.1) is 0 Å². The number of aromatic nitrogens is 2. The summed E-state index contributed by atoms with van der Waals surface area (Å²) in [7, 11) is 1.77. The van der Waals surface area contributed by atoms with Gasteiger partial charge in [0.1, 0.15) is 0 Å². The fraction of sp³-hybridized carbons (Fsp3) is 0.167. The third-order valence-electron chi connectivity index (χ3n) is 2.36. The van der Waals surface area contributed by atoms with Gasteiger partial charge in [-0.1, -0.05) is 23.7 Å². The highest BCUT2D eigenvalue weighted by Gasteiger charge is 2.12. The summed E-state index contributed by atoms with van der Waals surface area (Å²) in [5, 5.41) is 13.8. The first-order chi connectivity index (χ1) is 8.06. The number of aliphatic carboxylic acids is 1. The lowest BCUT2D eigenvalue weighted by molar-refractivity contribution is -0.136. The summed E-state index contributed by atoms with van der Waals surface area (Å²) < 4.78 is 1.61. The van der Waals surface area contributed by atoms with Gasteiger partial charge in [0.2, 0.25) is 0 Å². The van der Waals surface area contributed by atoms with E-state index < -0.39 is 5.97 Å². The molecule has 0 radical (unpaired) electrons. The maximum atomic E-state index is 10.8. The van der Waals surface area contributed by atoms with Crippen molar-refractivity contribution in [3.63, 3.8) is 0 Å². The smallest absolute Gasteiger partial charge is 0.307 e. The number of aryl methyl sites for hydroxylation is 1. The molecule has 5 heteroatoms. The van der Waals surface area contributed by atoms with Gasteiger partial charge in [-0.3, -0.25) is 9.48 Å². The van der Waals surface area contributed by atoms with Gasteiger partial charge >= 0.3 is 5.97 Å². The number of carbonyl (C=O) groups is 1. The SMILES string of the molecule is Cn1cc(CC(=O)O)c(-c2ccc(Cl)cc2)n1. The summed E-state index contributed by atoms with van der Waals surface area (Å²) >= 11 is 5.81. The van der Waals surface area contributed by atoms with Crippen LogP contribution in [0.25, 0.3) is 11.3 Å². The number of carboxylic acid groups (broad SMARTS) is 1. The third kappa shape index (κ3) is 2.65. The maximum Gasteiger partial charge on any atom is 0.307 e. The number of halogens is 1. The van der Waals surface area contributed by atoms with Crippen molar-refractivity contribution in [3.05, 3.63) is 41.0 Å². The first-order valence-electron chi connectivity index (χ1n) is 5.06. The Balaban J connectivity index is 2.43. The quantitative estimate of drug-likeness (QED) is 0.910. The van der Waals surface area contributed by atoms with Crippen molar-refractivity contribution >= 4 is 17.6 Å². The van der Waals surface area contributed by atoms with Gasteiger partial charge < -0.3 is 5.11 Å². The summed E-state index contributed by atoms with van der Waals surface area (Å²) in [4.78, 5) is 10.8. The molecule has 0 unspecified atom stereocenters. The van der Waals surface area contributed by atoms with Gasteiger partial charge in [-0.2, -0.15) is 5.10 Å². The zero-order valence-corrected chi connectivity index (χ0v) is 9.98. The van der Waals surface area contributed by atoms with Crippen LogP contribution in [0.1, 0.15) is 5.56 Å². The lowest BCUT2D eigenvalue weighted by Gasteiger charge is -2.00. The number of hydrogen-bond acceptors (Lipinski definition) is 2. The third-order valence-corrected chi connectivity index (χ3v) is 2.62. The van der Waals surface area contributed by atoms with Crippen LogP contribution >= 0.6 is 11.6 Å². The molecule has 4 nitrogen and oxygen atoms in total. The van der Waals surface area contributed by atoms with Crippen molar-refractivity contribution < 1.29 is 9.90 Å². The van der Waals surface area contributed by atoms with E-state index in [9.17, 15) is 4.79 Å². The summed E-state index contributed by atoms with van der Waals surface area (Å²) in [6, 6.07) is 7.18. The van der Waals surface area contributed by atoms with Crippen LogP contribution in [0, 0.1) is 0 Å². The average molecular weight is 251 g/mol. The van der Waals surface area contributed by atoms with Crippen molar-refractivity contribution in [1.29, 1.82) is 0 Å². The van der Waals surface area contributed by atoms with Gasteiger partial charge in [0, 0.05) is 29.4 Å². The van der Waals surface area contributed by atoms with Crippen LogP contribution in [0.2, 0.25) is 5.02 Å². The molecule has 1 N–H and O–H groups in total. The Hall–Kier alpha value is -1.81. The van der Waals surface area contributed by atoms with E-state index in [1.807, 2.05) is 12.1 Å². The lowest BCUT2D eigenvalue weighted by atomic mass is 10.1. The number of rotatable bonds is 3. The molecule has 0 atom stereocenters. The fourth-order valence-electron chi connectivity index (χ4n) is 1.68. The largest absolute Gasteiger partial charge is 0.481 e. The summed E-state index contributed by atoms with van der Waals surface area (Å²) in [5.41, 5.74) is 2.25. The Labute approximate surface area is 103 Å². The Morgan fingerprint density at radius 1 is 1.41 bits per heavy atom. The van der Waals surface area contributed by atoms with Crippen molar-refractivity contribution in [1.82, 2.24) is 9.78 Å². The second kappa shape index (κ2) is 4.59. The number of nitrogens with zero attached hydrogens (tertiary/aromatic N) is 2. The van der Waals surface area contributed by atoms with E-state index >= 15 is 0 Å². The molecule has 0 fully saturated rings. The molecule has 2 rings (SSSR count). The van der Waals surface area contributed by atoms with Gasteiger partial charge in [0.15, 0.2) is 0 Å². The minimum atomic E-state index is -0.867. The molecule has 0 aliphatic heterocycles. The molecular weight excluding hydrogens is 240 g/mol. The van der Waals surface area contributed by atoms with Crippen molar-refractivity contribution in [2.75, 3.05) is 0 Å². The van der Waals surface area contributed by atoms with E-state index in [0.717, 1.165) is 5.56 Å². The molecule has 0 saturated heterocycles. The summed E-state index contributed by atoms with van der Waals surface area (Å²) in [5.74, 6) is -0.867. The summed E-state index contributed by atoms with van der Waals surface area (Å²) in [6.45, 7) is 0. The molecule has 2 aromatic rings. The molecular formula is C12H11ClN2O2. The van der Waals surface area contributed by atoms with Crippen molar-refractivity contribution in [3.8, 4) is 11.3 Å². The zero-order chi connectivity index (χ0) is 12.4. The van der Waals surface area contributed by atoms with E-state index in [0.29, 0.717) is 16.3 Å². The normalized spacial score (nSPS) is 10.5. The Morgan fingerprint density at radius 3 is 2.65 bits per heavy atom. The Bertz CT molecular complexity index is 546. The molecule has 88 valence electrons. The van der Waals surface area contributed by atoms with E-state index in [1.165, 1.54) is 0 Å². The van der Waals surface area contributed by atoms with Crippen LogP contribution in [-0.4, -0.2) is 20.9 Å². The van der Waals surface area contributed by atoms with Crippen LogP contribution in [0.5, 0.6) is 0 Å². The first-order valence-corrected chi connectivity index (χ1v) is 5.44. The highest BCUT2D eigenvalue weighted by atomic mass is 35.5. The van der Waals surface area contributed by atoms with Gasteiger partial charge in [-0.05, 0) is 12.1 Å². The van der Waals surface area contributed by atoms with E-state index in [-0.39, 0.29) is 6.42 Å². The van der Waals surface area contributed by atoms with Crippen LogP contribution < -0.4 is 0 Å². The van der Waals surface area contributed by atoms with Crippen LogP contribution in [-0.2, 0) is 18.3 Å². The average Bonchev–Trinajstić information content (AvgIpc) is 2.59. The van der Waals surface area contributed by atoms with Crippen molar-refractivity contribution in [2.24, 2.45) is 7.05 Å². The second-order valence-electron chi connectivity index (χ2n) is 3.75. The predicted molar refractivity (Wildman–Crippen MR) is 65.0 cm³/mol. The van der Waals surface area contributed by atoms with E-state index in [2.05, 4.69) is 5.10 Å². The molecule has 1 heterocycles. The number of benzene rings is 1. The zero-order valence-electron chi connectivity index (χ0n) is 9.22. The van der Waals surface area contributed by atoms with Gasteiger partial charge in [0.25, 0.3) is 0 Å². The highest BCUT2D eigenvalue weighted by molar-refractivity contribution is 6.30. The molecule has 0 bridgehead atoms. The molecule has 0 aliphatic carbocycles. The minimum Gasteiger partial charge on any atom is -0.481 e. The van der Waals surface area contributed by atoms with E-state index in [4.69, 9.17) is 16.7 Å². The van der Waals surface area contributed by atoms with Crippen LogP contribution in [0.15, 0.2) is 30.5 Å². The van der Waals surface area contributed by atoms with Crippen molar-refractivity contribution in [2.45, 2.75) is 6.42 Å². The standard InChI is InChI=1S/C12H11ClN2O2/c1-15-7-9(6-11(16)17)12(14-15)8-2-4-10(13)5-3-8/h2-5,7H,6H2,1H3,(H,16,17). The topological polar surface area (TPSA) is 55.1 Å². The minimum absolute atomic E-state index is 0.0359. The van der Waals surface area contributed by atoms with Crippen LogP contribution in [0.3, 0.4) is 0 Å². The predicted octanol–water partition coefficient (Wildman–Crippen LogP) is 2.37. The molecule has 17 heavy (non-hydrogen) atoms. The number of carboxylic acids is 1. The lowest BCUT2D eigenvalue weighted by Crippen LogP contribution is -2.00. The second-order valence-corrected chi connectivity index (χ2v) is 4.19. The molecule has 1 aromatic heterocycles. The van der Waals surface area contributed by atoms with Gasteiger partial charge in [-0.25, -0.2) is 0 Å². The molecule has 0 spiro atoms. The van der Waals surface area contributed by atoms with Crippen LogP contribution in [0.4, 0.5) is 0 Å². The van der Waals surface area contributed by atoms with E-state index in [1.54, 1.807) is 30.1 Å². The Morgan fingerprint density at radius 2 is 2.06 bits per heavy atom.